The van der Waals surface area contributed by atoms with Crippen LogP contribution < -0.4 is 5.32 Å². The van der Waals surface area contributed by atoms with Crippen molar-refractivity contribution >= 4 is 5.69 Å². The zero-order valence-corrected chi connectivity index (χ0v) is 9.35. The summed E-state index contributed by atoms with van der Waals surface area (Å²) in [5.41, 5.74) is 3.26. The summed E-state index contributed by atoms with van der Waals surface area (Å²) in [6, 6.07) is 8.29. The van der Waals surface area contributed by atoms with E-state index in [4.69, 9.17) is 0 Å². The molecule has 3 nitrogen and oxygen atoms in total. The first kappa shape index (κ1) is 10.5. The molecule has 2 aromatic rings. The van der Waals surface area contributed by atoms with E-state index in [9.17, 15) is 0 Å². The maximum Gasteiger partial charge on any atom is 0.0949 e. The maximum atomic E-state index is 4.02. The third kappa shape index (κ3) is 2.73. The van der Waals surface area contributed by atoms with Crippen molar-refractivity contribution in [3.63, 3.8) is 0 Å². The largest absolute Gasteiger partial charge is 0.360 e. The molecule has 0 aliphatic heterocycles. The summed E-state index contributed by atoms with van der Waals surface area (Å²) < 4.78 is 2.04. The molecular weight excluding hydrogens is 198 g/mol. The first-order chi connectivity index (χ1) is 7.74. The summed E-state index contributed by atoms with van der Waals surface area (Å²) >= 11 is 0. The summed E-state index contributed by atoms with van der Waals surface area (Å²) in [7, 11) is 0. The van der Waals surface area contributed by atoms with Crippen LogP contribution in [0.1, 0.15) is 12.5 Å². The van der Waals surface area contributed by atoms with Gasteiger partial charge in [0.15, 0.2) is 0 Å². The van der Waals surface area contributed by atoms with E-state index < -0.39 is 0 Å². The van der Waals surface area contributed by atoms with E-state index >= 15 is 0 Å². The Bertz CT molecular complexity index is 472. The standard InChI is InChI=1S/C13H15N3/c1-11(2)15-13-5-3-4-12(8-13)9-16-7-6-14-10-16/h3-8,10,15H,1,9H2,2H3. The van der Waals surface area contributed by atoms with Gasteiger partial charge in [-0.25, -0.2) is 4.98 Å². The molecule has 0 aliphatic carbocycles. The average Bonchev–Trinajstić information content (AvgIpc) is 2.70. The number of imidazole rings is 1. The van der Waals surface area contributed by atoms with Crippen molar-refractivity contribution < 1.29 is 0 Å². The Balaban J connectivity index is 2.13. The minimum atomic E-state index is 0.839. The van der Waals surface area contributed by atoms with E-state index in [-0.39, 0.29) is 0 Å². The molecule has 0 spiro atoms. The number of benzene rings is 1. The number of anilines is 1. The van der Waals surface area contributed by atoms with E-state index in [0.29, 0.717) is 0 Å². The Hall–Kier alpha value is -2.03. The van der Waals surface area contributed by atoms with E-state index in [1.807, 2.05) is 36.1 Å². The molecule has 82 valence electrons. The van der Waals surface area contributed by atoms with Crippen LogP contribution in [-0.2, 0) is 6.54 Å². The Morgan fingerprint density at radius 1 is 1.50 bits per heavy atom. The van der Waals surface area contributed by atoms with Gasteiger partial charge in [0, 0.05) is 30.3 Å². The van der Waals surface area contributed by atoms with Gasteiger partial charge in [-0.15, -0.1) is 0 Å². The molecule has 0 saturated heterocycles. The zero-order valence-electron chi connectivity index (χ0n) is 9.35. The number of nitrogens with zero attached hydrogens (tertiary/aromatic N) is 2. The van der Waals surface area contributed by atoms with Crippen LogP contribution in [-0.4, -0.2) is 9.55 Å². The molecule has 0 atom stereocenters. The van der Waals surface area contributed by atoms with E-state index in [0.717, 1.165) is 17.9 Å². The molecule has 0 unspecified atom stereocenters. The highest BCUT2D eigenvalue weighted by atomic mass is 15.0. The number of hydrogen-bond acceptors (Lipinski definition) is 2. The topological polar surface area (TPSA) is 29.9 Å². The van der Waals surface area contributed by atoms with Crippen LogP contribution in [0.25, 0.3) is 0 Å². The predicted molar refractivity (Wildman–Crippen MR) is 66.2 cm³/mol. The lowest BCUT2D eigenvalue weighted by atomic mass is 10.2. The lowest BCUT2D eigenvalue weighted by molar-refractivity contribution is 0.797. The number of hydrogen-bond donors (Lipinski definition) is 1. The van der Waals surface area contributed by atoms with Crippen molar-refractivity contribution in [2.75, 3.05) is 5.32 Å². The third-order valence-electron chi connectivity index (χ3n) is 2.21. The normalized spacial score (nSPS) is 10.1. The first-order valence-electron chi connectivity index (χ1n) is 5.21. The Labute approximate surface area is 95.4 Å². The van der Waals surface area contributed by atoms with Gasteiger partial charge in [-0.05, 0) is 24.6 Å². The summed E-state index contributed by atoms with van der Waals surface area (Å²) in [4.78, 5) is 4.02. The molecule has 1 aromatic heterocycles. The Morgan fingerprint density at radius 2 is 2.38 bits per heavy atom. The summed E-state index contributed by atoms with van der Waals surface area (Å²) in [6.45, 7) is 6.62. The fraction of sp³-hybridized carbons (Fsp3) is 0.154. The highest BCUT2D eigenvalue weighted by molar-refractivity contribution is 5.49. The van der Waals surface area contributed by atoms with Crippen LogP contribution in [0.5, 0.6) is 0 Å². The van der Waals surface area contributed by atoms with Crippen molar-refractivity contribution in [3.8, 4) is 0 Å². The maximum absolute atomic E-state index is 4.02. The average molecular weight is 213 g/mol. The molecule has 0 radical (unpaired) electrons. The molecule has 2 rings (SSSR count). The smallest absolute Gasteiger partial charge is 0.0949 e. The molecule has 0 bridgehead atoms. The lowest BCUT2D eigenvalue weighted by Gasteiger charge is -2.08. The van der Waals surface area contributed by atoms with E-state index in [1.165, 1.54) is 5.56 Å². The van der Waals surface area contributed by atoms with Crippen LogP contribution in [0.15, 0.2) is 55.3 Å². The van der Waals surface area contributed by atoms with Gasteiger partial charge in [0.05, 0.1) is 6.33 Å². The van der Waals surface area contributed by atoms with Crippen LogP contribution in [0.3, 0.4) is 0 Å². The molecule has 0 amide bonds. The van der Waals surface area contributed by atoms with Crippen molar-refractivity contribution in [2.45, 2.75) is 13.5 Å². The van der Waals surface area contributed by atoms with Gasteiger partial charge in [0.2, 0.25) is 0 Å². The molecule has 0 saturated carbocycles. The van der Waals surface area contributed by atoms with Crippen molar-refractivity contribution in [1.29, 1.82) is 0 Å². The predicted octanol–water partition coefficient (Wildman–Crippen LogP) is 2.88. The van der Waals surface area contributed by atoms with Gasteiger partial charge in [-0.1, -0.05) is 18.7 Å². The Morgan fingerprint density at radius 3 is 3.06 bits per heavy atom. The second-order valence-corrected chi connectivity index (χ2v) is 3.84. The van der Waals surface area contributed by atoms with Crippen molar-refractivity contribution in [2.24, 2.45) is 0 Å². The summed E-state index contributed by atoms with van der Waals surface area (Å²) in [6.07, 6.45) is 5.56. The fourth-order valence-corrected chi connectivity index (χ4v) is 1.58. The molecule has 1 heterocycles. The SMILES string of the molecule is C=C(C)Nc1cccc(Cn2ccnc2)c1. The number of nitrogens with one attached hydrogen (secondary N) is 1. The third-order valence-corrected chi connectivity index (χ3v) is 2.21. The highest BCUT2D eigenvalue weighted by Gasteiger charge is 1.97. The van der Waals surface area contributed by atoms with Gasteiger partial charge in [-0.2, -0.15) is 0 Å². The van der Waals surface area contributed by atoms with Gasteiger partial charge in [-0.3, -0.25) is 0 Å². The minimum absolute atomic E-state index is 0.839. The molecule has 3 heteroatoms. The number of rotatable bonds is 4. The molecule has 0 aliphatic rings. The van der Waals surface area contributed by atoms with Crippen molar-refractivity contribution in [3.05, 3.63) is 60.8 Å². The minimum Gasteiger partial charge on any atom is -0.360 e. The molecule has 1 aromatic carbocycles. The fourth-order valence-electron chi connectivity index (χ4n) is 1.58. The molecule has 0 fully saturated rings. The van der Waals surface area contributed by atoms with Crippen LogP contribution in [0, 0.1) is 0 Å². The Kier molecular flexibility index (Phi) is 3.05. The number of aromatic nitrogens is 2. The summed E-state index contributed by atoms with van der Waals surface area (Å²) in [5.74, 6) is 0. The van der Waals surface area contributed by atoms with Gasteiger partial charge in [0.25, 0.3) is 0 Å². The highest BCUT2D eigenvalue weighted by Crippen LogP contribution is 2.13. The number of allylic oxidation sites excluding steroid dienone is 1. The van der Waals surface area contributed by atoms with Gasteiger partial charge < -0.3 is 9.88 Å². The first-order valence-corrected chi connectivity index (χ1v) is 5.21. The zero-order chi connectivity index (χ0) is 11.4. The lowest BCUT2D eigenvalue weighted by Crippen LogP contribution is -1.98. The van der Waals surface area contributed by atoms with E-state index in [1.54, 1.807) is 6.20 Å². The van der Waals surface area contributed by atoms with Gasteiger partial charge in [0.1, 0.15) is 0 Å². The van der Waals surface area contributed by atoms with Crippen LogP contribution in [0.4, 0.5) is 5.69 Å². The van der Waals surface area contributed by atoms with Gasteiger partial charge >= 0.3 is 0 Å². The van der Waals surface area contributed by atoms with E-state index in [2.05, 4.69) is 29.0 Å². The van der Waals surface area contributed by atoms with Crippen molar-refractivity contribution in [1.82, 2.24) is 9.55 Å². The van der Waals surface area contributed by atoms with Crippen LogP contribution >= 0.6 is 0 Å². The second-order valence-electron chi connectivity index (χ2n) is 3.84. The monoisotopic (exact) mass is 213 g/mol. The molecule has 1 N–H and O–H groups in total. The summed E-state index contributed by atoms with van der Waals surface area (Å²) in [5, 5.41) is 3.21. The second kappa shape index (κ2) is 4.66. The molecule has 16 heavy (non-hydrogen) atoms. The van der Waals surface area contributed by atoms with Crippen LogP contribution in [0.2, 0.25) is 0 Å². The molecular formula is C13H15N3. The quantitative estimate of drug-likeness (QED) is 0.846.